The maximum atomic E-state index is 12.0. The van der Waals surface area contributed by atoms with E-state index < -0.39 is 5.97 Å². The van der Waals surface area contributed by atoms with E-state index in [0.717, 1.165) is 5.56 Å². The van der Waals surface area contributed by atoms with E-state index in [1.165, 1.54) is 18.0 Å². The Morgan fingerprint density at radius 2 is 2.00 bits per heavy atom. The summed E-state index contributed by atoms with van der Waals surface area (Å²) in [6.07, 6.45) is 3.21. The lowest BCUT2D eigenvalue weighted by Crippen LogP contribution is -2.12. The normalized spacial score (nSPS) is 10.3. The molecular formula is C13H11ClN2O2S. The van der Waals surface area contributed by atoms with Gasteiger partial charge in [0.2, 0.25) is 0 Å². The summed E-state index contributed by atoms with van der Waals surface area (Å²) in [5.74, 6) is -0.137. The fourth-order valence-corrected chi connectivity index (χ4v) is 1.86. The van der Waals surface area contributed by atoms with Gasteiger partial charge in [0.1, 0.15) is 5.75 Å². The van der Waals surface area contributed by atoms with Crippen LogP contribution in [0.25, 0.3) is 0 Å². The predicted molar refractivity (Wildman–Crippen MR) is 75.0 cm³/mol. The smallest absolute Gasteiger partial charge is 0.364 e. The van der Waals surface area contributed by atoms with Gasteiger partial charge in [-0.1, -0.05) is 41.1 Å². The highest BCUT2D eigenvalue weighted by molar-refractivity contribution is 7.98. The lowest BCUT2D eigenvalue weighted by atomic mass is 10.2. The lowest BCUT2D eigenvalue weighted by Gasteiger charge is -2.06. The van der Waals surface area contributed by atoms with Crippen molar-refractivity contribution in [1.82, 2.24) is 9.97 Å². The van der Waals surface area contributed by atoms with Gasteiger partial charge in [0, 0.05) is 0 Å². The zero-order chi connectivity index (χ0) is 13.8. The first-order valence-electron chi connectivity index (χ1n) is 5.45. The zero-order valence-electron chi connectivity index (χ0n) is 10.4. The van der Waals surface area contributed by atoms with Crippen molar-refractivity contribution in [2.24, 2.45) is 0 Å². The van der Waals surface area contributed by atoms with Gasteiger partial charge in [-0.05, 0) is 25.3 Å². The monoisotopic (exact) mass is 294 g/mol. The standard InChI is InChI=1S/C13H11ClN2O2S/c1-8-3-5-9(6-4-8)18-12(17)11-10(14)7-15-13(16-11)19-2/h3-7H,1-2H3. The van der Waals surface area contributed by atoms with Crippen LogP contribution in [-0.4, -0.2) is 22.2 Å². The molecule has 0 unspecified atom stereocenters. The fourth-order valence-electron chi connectivity index (χ4n) is 1.35. The molecule has 19 heavy (non-hydrogen) atoms. The molecule has 0 aliphatic carbocycles. The molecule has 0 saturated heterocycles. The molecule has 0 N–H and O–H groups in total. The second kappa shape index (κ2) is 6.04. The van der Waals surface area contributed by atoms with Crippen LogP contribution in [0, 0.1) is 6.92 Å². The third-order valence-corrected chi connectivity index (χ3v) is 3.17. The summed E-state index contributed by atoms with van der Waals surface area (Å²) in [5.41, 5.74) is 1.16. The third-order valence-electron chi connectivity index (χ3n) is 2.33. The number of carbonyl (C=O) groups excluding carboxylic acids is 1. The lowest BCUT2D eigenvalue weighted by molar-refractivity contribution is 0.0727. The van der Waals surface area contributed by atoms with Gasteiger partial charge < -0.3 is 4.74 Å². The predicted octanol–water partition coefficient (Wildman–Crippen LogP) is 3.38. The molecule has 0 aliphatic heterocycles. The fraction of sp³-hybridized carbons (Fsp3) is 0.154. The maximum Gasteiger partial charge on any atom is 0.364 e. The molecule has 1 heterocycles. The average molecular weight is 295 g/mol. The molecule has 0 saturated carbocycles. The van der Waals surface area contributed by atoms with Crippen LogP contribution < -0.4 is 4.74 Å². The van der Waals surface area contributed by atoms with Gasteiger partial charge >= 0.3 is 5.97 Å². The van der Waals surface area contributed by atoms with Crippen molar-refractivity contribution in [2.45, 2.75) is 12.1 Å². The van der Waals surface area contributed by atoms with Crippen molar-refractivity contribution < 1.29 is 9.53 Å². The van der Waals surface area contributed by atoms with Crippen LogP contribution in [0.5, 0.6) is 5.75 Å². The first kappa shape index (κ1) is 13.8. The minimum absolute atomic E-state index is 0.0709. The summed E-state index contributed by atoms with van der Waals surface area (Å²) >= 11 is 7.23. The highest BCUT2D eigenvalue weighted by Gasteiger charge is 2.16. The summed E-state index contributed by atoms with van der Waals surface area (Å²) < 4.78 is 5.21. The van der Waals surface area contributed by atoms with Gasteiger partial charge in [-0.3, -0.25) is 0 Å². The third kappa shape index (κ3) is 3.45. The van der Waals surface area contributed by atoms with Crippen LogP contribution in [0.15, 0.2) is 35.6 Å². The number of hydrogen-bond donors (Lipinski definition) is 0. The number of halogens is 1. The van der Waals surface area contributed by atoms with Crippen molar-refractivity contribution in [2.75, 3.05) is 6.26 Å². The van der Waals surface area contributed by atoms with Crippen molar-refractivity contribution in [3.8, 4) is 5.75 Å². The minimum atomic E-state index is -0.591. The van der Waals surface area contributed by atoms with Crippen molar-refractivity contribution >= 4 is 29.3 Å². The highest BCUT2D eigenvalue weighted by Crippen LogP contribution is 2.19. The topological polar surface area (TPSA) is 52.1 Å². The molecular weight excluding hydrogens is 284 g/mol. The van der Waals surface area contributed by atoms with Gasteiger partial charge in [0.15, 0.2) is 10.9 Å². The molecule has 0 aliphatic rings. The number of nitrogens with zero attached hydrogens (tertiary/aromatic N) is 2. The highest BCUT2D eigenvalue weighted by atomic mass is 35.5. The van der Waals surface area contributed by atoms with Gasteiger partial charge in [-0.25, -0.2) is 14.8 Å². The Hall–Kier alpha value is -1.59. The molecule has 0 bridgehead atoms. The molecule has 0 amide bonds. The first-order chi connectivity index (χ1) is 9.10. The number of thioether (sulfide) groups is 1. The van der Waals surface area contributed by atoms with Crippen LogP contribution in [0.3, 0.4) is 0 Å². The summed E-state index contributed by atoms with van der Waals surface area (Å²) in [4.78, 5) is 20.0. The van der Waals surface area contributed by atoms with Crippen molar-refractivity contribution in [3.05, 3.63) is 46.7 Å². The Morgan fingerprint density at radius 3 is 2.63 bits per heavy atom. The van der Waals surface area contributed by atoms with Crippen LogP contribution in [0.2, 0.25) is 5.02 Å². The minimum Gasteiger partial charge on any atom is -0.422 e. The Balaban J connectivity index is 2.22. The van der Waals surface area contributed by atoms with E-state index in [0.29, 0.717) is 10.9 Å². The van der Waals surface area contributed by atoms with Gasteiger partial charge in [0.25, 0.3) is 0 Å². The van der Waals surface area contributed by atoms with E-state index in [4.69, 9.17) is 16.3 Å². The summed E-state index contributed by atoms with van der Waals surface area (Å²) in [6, 6.07) is 7.16. The molecule has 2 rings (SSSR count). The number of carbonyl (C=O) groups is 1. The Kier molecular flexibility index (Phi) is 4.39. The van der Waals surface area contributed by atoms with E-state index in [-0.39, 0.29) is 10.7 Å². The summed E-state index contributed by atoms with van der Waals surface area (Å²) in [5, 5.41) is 0.648. The molecule has 98 valence electrons. The van der Waals surface area contributed by atoms with Gasteiger partial charge in [-0.15, -0.1) is 0 Å². The van der Waals surface area contributed by atoms with Crippen LogP contribution in [-0.2, 0) is 0 Å². The molecule has 0 fully saturated rings. The number of aromatic nitrogens is 2. The van der Waals surface area contributed by atoms with E-state index in [9.17, 15) is 4.79 Å². The summed E-state index contributed by atoms with van der Waals surface area (Å²) in [7, 11) is 0. The van der Waals surface area contributed by atoms with E-state index >= 15 is 0 Å². The number of rotatable bonds is 3. The molecule has 0 atom stereocenters. The number of hydrogen-bond acceptors (Lipinski definition) is 5. The zero-order valence-corrected chi connectivity index (χ0v) is 12.0. The van der Waals surface area contributed by atoms with E-state index in [2.05, 4.69) is 9.97 Å². The van der Waals surface area contributed by atoms with Crippen LogP contribution in [0.1, 0.15) is 16.1 Å². The largest absolute Gasteiger partial charge is 0.422 e. The Morgan fingerprint density at radius 1 is 1.32 bits per heavy atom. The van der Waals surface area contributed by atoms with Crippen molar-refractivity contribution in [1.29, 1.82) is 0 Å². The Bertz CT molecular complexity index is 602. The van der Waals surface area contributed by atoms with Crippen LogP contribution >= 0.6 is 23.4 Å². The number of benzene rings is 1. The second-order valence-electron chi connectivity index (χ2n) is 3.76. The number of ether oxygens (including phenoxy) is 1. The molecule has 0 spiro atoms. The van der Waals surface area contributed by atoms with E-state index in [1.807, 2.05) is 25.3 Å². The summed E-state index contributed by atoms with van der Waals surface area (Å²) in [6.45, 7) is 1.96. The van der Waals surface area contributed by atoms with Crippen molar-refractivity contribution in [3.63, 3.8) is 0 Å². The SMILES string of the molecule is CSc1ncc(Cl)c(C(=O)Oc2ccc(C)cc2)n1. The molecule has 1 aromatic carbocycles. The maximum absolute atomic E-state index is 12.0. The number of aryl methyl sites for hydroxylation is 1. The first-order valence-corrected chi connectivity index (χ1v) is 7.06. The molecule has 2 aromatic rings. The van der Waals surface area contributed by atoms with Gasteiger partial charge in [0.05, 0.1) is 11.2 Å². The molecule has 4 nitrogen and oxygen atoms in total. The quantitative estimate of drug-likeness (QED) is 0.376. The molecule has 6 heteroatoms. The van der Waals surface area contributed by atoms with Gasteiger partial charge in [-0.2, -0.15) is 0 Å². The molecule has 0 radical (unpaired) electrons. The molecule has 1 aromatic heterocycles. The Labute approximate surface area is 120 Å². The average Bonchev–Trinajstić information content (AvgIpc) is 2.42. The van der Waals surface area contributed by atoms with E-state index in [1.54, 1.807) is 12.1 Å². The number of esters is 1. The second-order valence-corrected chi connectivity index (χ2v) is 4.94. The van der Waals surface area contributed by atoms with Crippen LogP contribution in [0.4, 0.5) is 0 Å².